The summed E-state index contributed by atoms with van der Waals surface area (Å²) in [7, 11) is 0. The number of rotatable bonds is 9. The monoisotopic (exact) mass is 737 g/mol. The van der Waals surface area contributed by atoms with E-state index in [9.17, 15) is 18.8 Å². The van der Waals surface area contributed by atoms with Gasteiger partial charge in [0, 0.05) is 42.4 Å². The molecule has 1 amide bonds. The molecular weight excluding hydrogens is 703 g/mol. The first kappa shape index (κ1) is 33.0. The van der Waals surface area contributed by atoms with Gasteiger partial charge in [-0.3, -0.25) is 15.0 Å². The van der Waals surface area contributed by atoms with E-state index < -0.39 is 23.3 Å². The van der Waals surface area contributed by atoms with Gasteiger partial charge in [0.1, 0.15) is 47.3 Å². The van der Waals surface area contributed by atoms with Crippen LogP contribution in [0, 0.1) is 28.9 Å². The average molecular weight is 738 g/mol. The number of ether oxygens (including phenoxy) is 2. The summed E-state index contributed by atoms with van der Waals surface area (Å²) >= 11 is 7.71. The van der Waals surface area contributed by atoms with Crippen molar-refractivity contribution in [3.8, 4) is 29.1 Å². The molecule has 2 aromatic carbocycles. The highest BCUT2D eigenvalue weighted by molar-refractivity contribution is 7.23. The van der Waals surface area contributed by atoms with Crippen LogP contribution >= 0.6 is 22.9 Å². The summed E-state index contributed by atoms with van der Waals surface area (Å²) in [6.45, 7) is 1.23. The van der Waals surface area contributed by atoms with Crippen molar-refractivity contribution < 1.29 is 27.4 Å². The van der Waals surface area contributed by atoms with Crippen LogP contribution in [0.5, 0.6) is 11.9 Å². The number of aromatic nitrogens is 2. The Hall–Kier alpha value is -3.90. The van der Waals surface area contributed by atoms with Gasteiger partial charge in [-0.25, -0.2) is 13.2 Å². The number of hydrogen-bond donors (Lipinski definition) is 3. The van der Waals surface area contributed by atoms with Crippen LogP contribution in [-0.4, -0.2) is 76.4 Å². The quantitative estimate of drug-likeness (QED) is 0.176. The standard InChI is InChI=1S/C36H35ClF3N7O3S/c37-23-11-21-29(27(40)26(23)20-6-7-24(39)31-25(20)22(13-41)32(42)51-31)45-35(49-15-36-8-1-9-47(36)14-17(38)12-36)46-34(21)50-19-5-4-18(10-19)43-33(48)30-28(44-30)16-2-3-16/h6-7,11,16-19,28,30,44H,1-5,8-10,12,14-15,42H2,(H,43,48)/t17-,18-,19-,28+,30-,36+/m1/s1. The molecule has 0 unspecified atom stereocenters. The lowest BCUT2D eigenvalue weighted by molar-refractivity contribution is -0.121. The first-order chi connectivity index (χ1) is 24.6. The highest BCUT2D eigenvalue weighted by Crippen LogP contribution is 2.46. The molecule has 15 heteroatoms. The molecular formula is C36H35ClF3N7O3S. The fourth-order valence-corrected chi connectivity index (χ4v) is 9.83. The molecule has 3 aliphatic heterocycles. The number of nitrogens with two attached hydrogens (primary N) is 1. The van der Waals surface area contributed by atoms with E-state index in [0.717, 1.165) is 30.7 Å². The maximum absolute atomic E-state index is 16.9. The number of thiophene rings is 1. The van der Waals surface area contributed by atoms with Crippen LogP contribution in [0.1, 0.15) is 56.9 Å². The zero-order valence-corrected chi connectivity index (χ0v) is 29.1. The number of hydrogen-bond acceptors (Lipinski definition) is 10. The summed E-state index contributed by atoms with van der Waals surface area (Å²) in [6, 6.07) is 5.99. The van der Waals surface area contributed by atoms with Crippen molar-refractivity contribution in [2.45, 2.75) is 87.3 Å². The Balaban J connectivity index is 1.07. The summed E-state index contributed by atoms with van der Waals surface area (Å²) in [5.74, 6) is -0.756. The number of carbonyl (C=O) groups is 1. The first-order valence-corrected chi connectivity index (χ1v) is 18.7. The average Bonchev–Trinajstić information content (AvgIpc) is 3.95. The Morgan fingerprint density at radius 3 is 2.90 bits per heavy atom. The van der Waals surface area contributed by atoms with Crippen LogP contribution in [0.15, 0.2) is 18.2 Å². The number of halogens is 4. The highest BCUT2D eigenvalue weighted by atomic mass is 35.5. The molecule has 10 nitrogen and oxygen atoms in total. The summed E-state index contributed by atoms with van der Waals surface area (Å²) in [4.78, 5) is 24.0. The Kier molecular flexibility index (Phi) is 7.99. The van der Waals surface area contributed by atoms with Crippen molar-refractivity contribution in [2.75, 3.05) is 25.4 Å². The van der Waals surface area contributed by atoms with Gasteiger partial charge in [0.25, 0.3) is 0 Å². The second-order valence-electron chi connectivity index (χ2n) is 14.6. The zero-order chi connectivity index (χ0) is 35.2. The number of alkyl halides is 1. The second-order valence-corrected chi connectivity index (χ2v) is 16.1. The van der Waals surface area contributed by atoms with E-state index in [4.69, 9.17) is 26.8 Å². The number of nitrogen functional groups attached to an aromatic ring is 1. The molecule has 5 heterocycles. The van der Waals surface area contributed by atoms with Gasteiger partial charge < -0.3 is 20.5 Å². The molecule has 5 aliphatic rings. The SMILES string of the molecule is N#Cc1c(N)sc2c(F)ccc(-c3c(Cl)cc4c(O[C@@H]5CC[C@@H](NC(=O)[C@@H]6N[C@H]6C6CC6)C5)nc(OC[C@@]56CCCN5C[C@H](F)C6)nc4c3F)c12. The lowest BCUT2D eigenvalue weighted by atomic mass is 9.95. The van der Waals surface area contributed by atoms with Crippen LogP contribution in [0.2, 0.25) is 5.02 Å². The van der Waals surface area contributed by atoms with Gasteiger partial charge in [-0.1, -0.05) is 17.7 Å². The van der Waals surface area contributed by atoms with E-state index in [1.165, 1.54) is 31.0 Å². The van der Waals surface area contributed by atoms with Crippen molar-refractivity contribution >= 4 is 54.8 Å². The maximum atomic E-state index is 16.9. The van der Waals surface area contributed by atoms with E-state index in [-0.39, 0.29) is 96.3 Å². The summed E-state index contributed by atoms with van der Waals surface area (Å²) in [5, 5.41) is 16.8. The Labute approximate surface area is 300 Å². The van der Waals surface area contributed by atoms with Gasteiger partial charge in [-0.2, -0.15) is 15.2 Å². The molecule has 0 radical (unpaired) electrons. The predicted molar refractivity (Wildman–Crippen MR) is 187 cm³/mol. The van der Waals surface area contributed by atoms with Gasteiger partial charge in [0.2, 0.25) is 11.8 Å². The van der Waals surface area contributed by atoms with Gasteiger partial charge in [-0.15, -0.1) is 11.3 Å². The minimum atomic E-state index is -0.962. The Morgan fingerprint density at radius 1 is 1.25 bits per heavy atom. The molecule has 0 bridgehead atoms. The molecule has 3 saturated heterocycles. The number of nitrogens with one attached hydrogen (secondary N) is 2. The molecule has 5 fully saturated rings. The van der Waals surface area contributed by atoms with Crippen molar-refractivity contribution in [1.29, 1.82) is 5.26 Å². The number of benzene rings is 2. The number of nitrogens with zero attached hydrogens (tertiary/aromatic N) is 4. The number of nitriles is 1. The van der Waals surface area contributed by atoms with E-state index in [1.54, 1.807) is 0 Å². The largest absolute Gasteiger partial charge is 0.474 e. The van der Waals surface area contributed by atoms with Crippen LogP contribution in [0.4, 0.5) is 18.2 Å². The fraction of sp³-hybridized carbons (Fsp3) is 0.500. The van der Waals surface area contributed by atoms with E-state index in [0.29, 0.717) is 38.1 Å². The molecule has 0 spiro atoms. The Morgan fingerprint density at radius 2 is 2.10 bits per heavy atom. The van der Waals surface area contributed by atoms with Crippen LogP contribution in [-0.2, 0) is 4.79 Å². The predicted octanol–water partition coefficient (Wildman–Crippen LogP) is 6.02. The first-order valence-electron chi connectivity index (χ1n) is 17.5. The normalized spacial score (nSPS) is 28.6. The van der Waals surface area contributed by atoms with Gasteiger partial charge in [-0.05, 0) is 68.7 Å². The minimum absolute atomic E-state index is 0.00621. The second kappa shape index (κ2) is 12.4. The molecule has 2 aliphatic carbocycles. The zero-order valence-electron chi connectivity index (χ0n) is 27.5. The summed E-state index contributed by atoms with van der Waals surface area (Å²) in [6.07, 6.45) is 4.90. The molecule has 4 N–H and O–H groups in total. The molecule has 9 rings (SSSR count). The summed E-state index contributed by atoms with van der Waals surface area (Å²) in [5.41, 5.74) is 5.56. The third-order valence-corrected chi connectivity index (χ3v) is 12.6. The van der Waals surface area contributed by atoms with Crippen LogP contribution in [0.3, 0.4) is 0 Å². The Bertz CT molecular complexity index is 2140. The molecule has 6 atom stereocenters. The molecule has 2 aromatic heterocycles. The molecule has 2 saturated carbocycles. The van der Waals surface area contributed by atoms with Gasteiger partial charge in [0.05, 0.1) is 26.2 Å². The van der Waals surface area contributed by atoms with E-state index in [2.05, 4.69) is 25.5 Å². The van der Waals surface area contributed by atoms with Crippen molar-refractivity contribution in [2.24, 2.45) is 5.92 Å². The minimum Gasteiger partial charge on any atom is -0.474 e. The molecule has 266 valence electrons. The maximum Gasteiger partial charge on any atom is 0.320 e. The third-order valence-electron chi connectivity index (χ3n) is 11.3. The number of carbonyl (C=O) groups excluding carboxylic acids is 1. The van der Waals surface area contributed by atoms with Gasteiger partial charge >= 0.3 is 6.01 Å². The molecule has 51 heavy (non-hydrogen) atoms. The third kappa shape index (κ3) is 5.73. The van der Waals surface area contributed by atoms with Crippen molar-refractivity contribution in [3.63, 3.8) is 0 Å². The van der Waals surface area contributed by atoms with Crippen LogP contribution < -0.4 is 25.8 Å². The van der Waals surface area contributed by atoms with E-state index >= 15 is 4.39 Å². The van der Waals surface area contributed by atoms with E-state index in [1.807, 2.05) is 6.07 Å². The smallest absolute Gasteiger partial charge is 0.320 e. The summed E-state index contributed by atoms with van der Waals surface area (Å²) < 4.78 is 59.1. The number of amides is 1. The number of fused-ring (bicyclic) bond motifs is 3. The lowest BCUT2D eigenvalue weighted by Crippen LogP contribution is -2.43. The number of anilines is 1. The van der Waals surface area contributed by atoms with Crippen molar-refractivity contribution in [1.82, 2.24) is 25.5 Å². The topological polar surface area (TPSA) is 148 Å². The fourth-order valence-electron chi connectivity index (χ4n) is 8.59. The van der Waals surface area contributed by atoms with Crippen LogP contribution in [0.25, 0.3) is 32.1 Å². The lowest BCUT2D eigenvalue weighted by Gasteiger charge is -2.30. The highest BCUT2D eigenvalue weighted by Gasteiger charge is 2.51. The van der Waals surface area contributed by atoms with Gasteiger partial charge in [0.15, 0.2) is 5.82 Å². The molecule has 4 aromatic rings. The van der Waals surface area contributed by atoms with Crippen molar-refractivity contribution in [3.05, 3.63) is 40.4 Å².